The fraction of sp³-hybridized carbons (Fsp3) is 1.00. The predicted molar refractivity (Wildman–Crippen MR) is 40.9 cm³/mol. The van der Waals surface area contributed by atoms with Crippen LogP contribution in [0.2, 0.25) is 0 Å². The van der Waals surface area contributed by atoms with E-state index >= 15 is 0 Å². The van der Waals surface area contributed by atoms with Crippen LogP contribution < -0.4 is 0 Å². The predicted octanol–water partition coefficient (Wildman–Crippen LogP) is 2.35. The van der Waals surface area contributed by atoms with Crippen LogP contribution in [0.3, 0.4) is 0 Å². The molecule has 2 aliphatic heterocycles. The van der Waals surface area contributed by atoms with Crippen molar-refractivity contribution < 1.29 is 4.74 Å². The van der Waals surface area contributed by atoms with Crippen molar-refractivity contribution in [3.63, 3.8) is 0 Å². The molecule has 0 aliphatic carbocycles. The molecule has 58 valence electrons. The van der Waals surface area contributed by atoms with Gasteiger partial charge < -0.3 is 4.74 Å². The van der Waals surface area contributed by atoms with E-state index in [9.17, 15) is 0 Å². The zero-order valence-corrected chi connectivity index (χ0v) is 6.89. The van der Waals surface area contributed by atoms with Crippen LogP contribution in [0.1, 0.15) is 39.5 Å². The standard InChI is InChI=1S/C9H16O/c1-7(2)9-5-3-8(10-9)4-6-9/h7-8H,3-6H2,1-2H3. The van der Waals surface area contributed by atoms with Crippen LogP contribution in [-0.2, 0) is 4.74 Å². The van der Waals surface area contributed by atoms with Crippen molar-refractivity contribution in [2.75, 3.05) is 0 Å². The summed E-state index contributed by atoms with van der Waals surface area (Å²) in [5.41, 5.74) is 0.310. The highest BCUT2D eigenvalue weighted by Gasteiger charge is 2.47. The third-order valence-corrected chi connectivity index (χ3v) is 3.23. The Morgan fingerprint density at radius 2 is 1.90 bits per heavy atom. The van der Waals surface area contributed by atoms with E-state index in [2.05, 4.69) is 13.8 Å². The maximum atomic E-state index is 5.92. The average molecular weight is 140 g/mol. The molecule has 0 amide bonds. The van der Waals surface area contributed by atoms with Crippen LogP contribution in [0, 0.1) is 5.92 Å². The first kappa shape index (κ1) is 6.66. The Hall–Kier alpha value is -0.0400. The molecule has 0 aromatic carbocycles. The topological polar surface area (TPSA) is 9.23 Å². The zero-order chi connectivity index (χ0) is 7.19. The van der Waals surface area contributed by atoms with Crippen molar-refractivity contribution in [3.05, 3.63) is 0 Å². The summed E-state index contributed by atoms with van der Waals surface area (Å²) >= 11 is 0. The lowest BCUT2D eigenvalue weighted by Gasteiger charge is -2.28. The first-order valence-electron chi connectivity index (χ1n) is 4.41. The first-order valence-corrected chi connectivity index (χ1v) is 4.41. The molecule has 1 nitrogen and oxygen atoms in total. The Bertz CT molecular complexity index is 132. The summed E-state index contributed by atoms with van der Waals surface area (Å²) in [7, 11) is 0. The Kier molecular flexibility index (Phi) is 1.31. The molecule has 1 heteroatoms. The van der Waals surface area contributed by atoms with E-state index < -0.39 is 0 Å². The molecular formula is C9H16O. The van der Waals surface area contributed by atoms with Crippen molar-refractivity contribution >= 4 is 0 Å². The van der Waals surface area contributed by atoms with E-state index in [0.29, 0.717) is 11.7 Å². The van der Waals surface area contributed by atoms with Gasteiger partial charge in [-0.15, -0.1) is 0 Å². The van der Waals surface area contributed by atoms with E-state index in [1.54, 1.807) is 0 Å². The monoisotopic (exact) mass is 140 g/mol. The van der Waals surface area contributed by atoms with Gasteiger partial charge >= 0.3 is 0 Å². The molecule has 10 heavy (non-hydrogen) atoms. The van der Waals surface area contributed by atoms with Gasteiger partial charge in [-0.25, -0.2) is 0 Å². The minimum absolute atomic E-state index is 0.310. The van der Waals surface area contributed by atoms with E-state index in [1.807, 2.05) is 0 Å². The lowest BCUT2D eigenvalue weighted by molar-refractivity contribution is -0.0212. The molecule has 0 unspecified atom stereocenters. The molecule has 2 bridgehead atoms. The van der Waals surface area contributed by atoms with Gasteiger partial charge in [-0.05, 0) is 31.6 Å². The van der Waals surface area contributed by atoms with Gasteiger partial charge in [-0.3, -0.25) is 0 Å². The van der Waals surface area contributed by atoms with Crippen molar-refractivity contribution in [2.24, 2.45) is 5.92 Å². The zero-order valence-electron chi connectivity index (χ0n) is 6.89. The second kappa shape index (κ2) is 1.97. The fourth-order valence-corrected chi connectivity index (χ4v) is 2.36. The summed E-state index contributed by atoms with van der Waals surface area (Å²) in [6.07, 6.45) is 5.89. The van der Waals surface area contributed by atoms with E-state index in [0.717, 1.165) is 5.92 Å². The van der Waals surface area contributed by atoms with E-state index in [1.165, 1.54) is 25.7 Å². The number of rotatable bonds is 1. The van der Waals surface area contributed by atoms with Gasteiger partial charge in [0.25, 0.3) is 0 Å². The highest BCUT2D eigenvalue weighted by molar-refractivity contribution is 4.97. The number of hydrogen-bond acceptors (Lipinski definition) is 1. The molecule has 2 rings (SSSR count). The Balaban J connectivity index is 2.15. The molecule has 2 saturated heterocycles. The van der Waals surface area contributed by atoms with Gasteiger partial charge in [0.05, 0.1) is 11.7 Å². The smallest absolute Gasteiger partial charge is 0.0711 e. The SMILES string of the molecule is CC(C)C12CCC(CC1)O2. The van der Waals surface area contributed by atoms with E-state index in [4.69, 9.17) is 4.74 Å². The summed E-state index contributed by atoms with van der Waals surface area (Å²) in [5.74, 6) is 0.722. The van der Waals surface area contributed by atoms with Crippen LogP contribution in [0.4, 0.5) is 0 Å². The highest BCUT2D eigenvalue weighted by Crippen LogP contribution is 2.47. The van der Waals surface area contributed by atoms with Crippen LogP contribution in [-0.4, -0.2) is 11.7 Å². The Morgan fingerprint density at radius 3 is 2.10 bits per heavy atom. The van der Waals surface area contributed by atoms with Crippen molar-refractivity contribution in [1.82, 2.24) is 0 Å². The van der Waals surface area contributed by atoms with Gasteiger partial charge in [-0.2, -0.15) is 0 Å². The third-order valence-electron chi connectivity index (χ3n) is 3.23. The molecule has 0 radical (unpaired) electrons. The lowest BCUT2D eigenvalue weighted by atomic mass is 9.80. The minimum Gasteiger partial charge on any atom is -0.371 e. The number of ether oxygens (including phenoxy) is 1. The van der Waals surface area contributed by atoms with Crippen molar-refractivity contribution in [3.8, 4) is 0 Å². The normalized spacial score (nSPS) is 45.3. The van der Waals surface area contributed by atoms with Crippen molar-refractivity contribution in [2.45, 2.75) is 51.2 Å². The second-order valence-electron chi connectivity index (χ2n) is 4.04. The van der Waals surface area contributed by atoms with Crippen LogP contribution in [0.15, 0.2) is 0 Å². The number of fused-ring (bicyclic) bond motifs is 2. The van der Waals surface area contributed by atoms with Gasteiger partial charge in [0.2, 0.25) is 0 Å². The molecule has 0 spiro atoms. The molecule has 0 atom stereocenters. The molecule has 0 aromatic rings. The summed E-state index contributed by atoms with van der Waals surface area (Å²) in [4.78, 5) is 0. The van der Waals surface area contributed by atoms with Crippen LogP contribution in [0.5, 0.6) is 0 Å². The third kappa shape index (κ3) is 0.731. The molecular weight excluding hydrogens is 124 g/mol. The average Bonchev–Trinajstić information content (AvgIpc) is 2.45. The molecule has 2 fully saturated rings. The maximum Gasteiger partial charge on any atom is 0.0711 e. The molecule has 0 saturated carbocycles. The van der Waals surface area contributed by atoms with E-state index in [-0.39, 0.29) is 0 Å². The first-order chi connectivity index (χ1) is 4.73. The Morgan fingerprint density at radius 1 is 1.30 bits per heavy atom. The fourth-order valence-electron chi connectivity index (χ4n) is 2.36. The Labute approximate surface area is 62.8 Å². The van der Waals surface area contributed by atoms with Gasteiger partial charge in [0, 0.05) is 0 Å². The molecule has 2 heterocycles. The van der Waals surface area contributed by atoms with Gasteiger partial charge in [0.1, 0.15) is 0 Å². The van der Waals surface area contributed by atoms with Gasteiger partial charge in [-0.1, -0.05) is 13.8 Å². The quantitative estimate of drug-likeness (QED) is 0.543. The summed E-state index contributed by atoms with van der Waals surface area (Å²) < 4.78 is 5.92. The minimum atomic E-state index is 0.310. The molecule has 0 N–H and O–H groups in total. The highest BCUT2D eigenvalue weighted by atomic mass is 16.5. The summed E-state index contributed by atoms with van der Waals surface area (Å²) in [6.45, 7) is 4.57. The van der Waals surface area contributed by atoms with Gasteiger partial charge in [0.15, 0.2) is 0 Å². The van der Waals surface area contributed by atoms with Crippen LogP contribution >= 0.6 is 0 Å². The summed E-state index contributed by atoms with van der Waals surface area (Å²) in [6, 6.07) is 0. The van der Waals surface area contributed by atoms with Crippen molar-refractivity contribution in [1.29, 1.82) is 0 Å². The molecule has 2 aliphatic rings. The molecule has 0 aromatic heterocycles. The van der Waals surface area contributed by atoms with Crippen LogP contribution in [0.25, 0.3) is 0 Å². The largest absolute Gasteiger partial charge is 0.371 e. The maximum absolute atomic E-state index is 5.92. The second-order valence-corrected chi connectivity index (χ2v) is 4.04. The number of hydrogen-bond donors (Lipinski definition) is 0. The lowest BCUT2D eigenvalue weighted by Crippen LogP contribution is -2.30. The summed E-state index contributed by atoms with van der Waals surface area (Å²) in [5, 5.41) is 0.